The van der Waals surface area contributed by atoms with Crippen LogP contribution in [0.15, 0.2) is 52.9 Å². The van der Waals surface area contributed by atoms with Gasteiger partial charge >= 0.3 is 0 Å². The minimum Gasteiger partial charge on any atom is -0.451 e. The highest BCUT2D eigenvalue weighted by molar-refractivity contribution is 6.06. The molecule has 25 heavy (non-hydrogen) atoms. The number of fused-ring (bicyclic) bond motifs is 2. The molecule has 0 fully saturated rings. The summed E-state index contributed by atoms with van der Waals surface area (Å²) >= 11 is 0. The van der Waals surface area contributed by atoms with Gasteiger partial charge in [-0.1, -0.05) is 0 Å². The van der Waals surface area contributed by atoms with Crippen molar-refractivity contribution in [3.8, 4) is 0 Å². The van der Waals surface area contributed by atoms with Crippen molar-refractivity contribution in [2.45, 2.75) is 6.92 Å². The summed E-state index contributed by atoms with van der Waals surface area (Å²) in [5.74, 6) is -0.784. The second-order valence-electron chi connectivity index (χ2n) is 5.79. The number of halogens is 1. The first-order valence-electron chi connectivity index (χ1n) is 7.64. The number of hydrogen-bond acceptors (Lipinski definition) is 3. The Morgan fingerprint density at radius 2 is 1.88 bits per heavy atom. The van der Waals surface area contributed by atoms with Gasteiger partial charge < -0.3 is 14.7 Å². The molecule has 0 saturated carbocycles. The number of ketones is 1. The number of carbonyl (C=O) groups is 2. The van der Waals surface area contributed by atoms with Crippen molar-refractivity contribution >= 4 is 39.2 Å². The Labute approximate surface area is 141 Å². The zero-order chi connectivity index (χ0) is 17.6. The monoisotopic (exact) mass is 336 g/mol. The molecule has 2 aromatic heterocycles. The zero-order valence-electron chi connectivity index (χ0n) is 13.2. The SMILES string of the molecule is CC(=O)c1cc2cc(NC(=O)c3cc4cc(F)ccc4o3)ccc2[nH]1. The lowest BCUT2D eigenvalue weighted by Crippen LogP contribution is -2.10. The maximum absolute atomic E-state index is 13.2. The Kier molecular flexibility index (Phi) is 3.39. The molecule has 0 radical (unpaired) electrons. The summed E-state index contributed by atoms with van der Waals surface area (Å²) in [7, 11) is 0. The third kappa shape index (κ3) is 2.78. The number of hydrogen-bond donors (Lipinski definition) is 2. The van der Waals surface area contributed by atoms with Crippen molar-refractivity contribution < 1.29 is 18.4 Å². The third-order valence-electron chi connectivity index (χ3n) is 3.96. The van der Waals surface area contributed by atoms with Crippen LogP contribution in [0.2, 0.25) is 0 Å². The molecular formula is C19H13FN2O3. The first kappa shape index (κ1) is 15.1. The second-order valence-corrected chi connectivity index (χ2v) is 5.79. The van der Waals surface area contributed by atoms with Crippen LogP contribution < -0.4 is 5.32 Å². The number of nitrogens with one attached hydrogen (secondary N) is 2. The Hall–Kier alpha value is -3.41. The van der Waals surface area contributed by atoms with Gasteiger partial charge in [0.05, 0.1) is 5.69 Å². The van der Waals surface area contributed by atoms with E-state index >= 15 is 0 Å². The fraction of sp³-hybridized carbons (Fsp3) is 0.0526. The van der Waals surface area contributed by atoms with Crippen molar-refractivity contribution in [1.82, 2.24) is 4.98 Å². The van der Waals surface area contributed by atoms with Crippen molar-refractivity contribution in [3.63, 3.8) is 0 Å². The maximum atomic E-state index is 13.2. The highest BCUT2D eigenvalue weighted by atomic mass is 19.1. The van der Waals surface area contributed by atoms with E-state index in [4.69, 9.17) is 4.42 Å². The number of furan rings is 1. The molecule has 2 N–H and O–H groups in total. The number of aromatic amines is 1. The number of H-pyrrole nitrogens is 1. The molecule has 0 bridgehead atoms. The molecule has 4 aromatic rings. The third-order valence-corrected chi connectivity index (χ3v) is 3.96. The number of anilines is 1. The predicted octanol–water partition coefficient (Wildman–Crippen LogP) is 4.51. The van der Waals surface area contributed by atoms with Crippen LogP contribution in [0.3, 0.4) is 0 Å². The normalized spacial score (nSPS) is 11.1. The molecule has 2 heterocycles. The molecule has 0 spiro atoms. The van der Waals surface area contributed by atoms with Crippen LogP contribution in [-0.2, 0) is 0 Å². The van der Waals surface area contributed by atoms with Gasteiger partial charge in [-0.3, -0.25) is 9.59 Å². The van der Waals surface area contributed by atoms with Gasteiger partial charge in [0.15, 0.2) is 11.5 Å². The molecule has 2 aromatic carbocycles. The molecule has 4 rings (SSSR count). The molecule has 0 aliphatic rings. The van der Waals surface area contributed by atoms with Gasteiger partial charge in [-0.25, -0.2) is 4.39 Å². The van der Waals surface area contributed by atoms with E-state index in [9.17, 15) is 14.0 Å². The maximum Gasteiger partial charge on any atom is 0.291 e. The van der Waals surface area contributed by atoms with Crippen LogP contribution in [0.1, 0.15) is 28.0 Å². The summed E-state index contributed by atoms with van der Waals surface area (Å²) in [6.07, 6.45) is 0. The van der Waals surface area contributed by atoms with E-state index in [0.717, 1.165) is 10.9 Å². The van der Waals surface area contributed by atoms with Gasteiger partial charge in [-0.15, -0.1) is 0 Å². The highest BCUT2D eigenvalue weighted by Crippen LogP contribution is 2.23. The quantitative estimate of drug-likeness (QED) is 0.541. The number of amides is 1. The molecule has 5 nitrogen and oxygen atoms in total. The average Bonchev–Trinajstić information content (AvgIpc) is 3.17. The number of carbonyl (C=O) groups excluding carboxylic acids is 2. The first-order valence-corrected chi connectivity index (χ1v) is 7.64. The number of Topliss-reactive ketones (excluding diaryl/α,β-unsaturated/α-hetero) is 1. The van der Waals surface area contributed by atoms with E-state index < -0.39 is 5.91 Å². The van der Waals surface area contributed by atoms with Crippen molar-refractivity contribution in [2.75, 3.05) is 5.32 Å². The summed E-state index contributed by atoms with van der Waals surface area (Å²) in [5, 5.41) is 4.08. The smallest absolute Gasteiger partial charge is 0.291 e. The molecule has 0 unspecified atom stereocenters. The summed E-state index contributed by atoms with van der Waals surface area (Å²) in [6.45, 7) is 1.48. The Morgan fingerprint density at radius 3 is 2.68 bits per heavy atom. The van der Waals surface area contributed by atoms with Gasteiger partial charge in [0.25, 0.3) is 5.91 Å². The Morgan fingerprint density at radius 1 is 1.04 bits per heavy atom. The number of rotatable bonds is 3. The second kappa shape index (κ2) is 5.59. The van der Waals surface area contributed by atoms with Gasteiger partial charge in [0.1, 0.15) is 11.4 Å². The molecule has 0 aliphatic carbocycles. The molecular weight excluding hydrogens is 323 g/mol. The first-order chi connectivity index (χ1) is 12.0. The molecule has 1 amide bonds. The van der Waals surface area contributed by atoms with Crippen LogP contribution >= 0.6 is 0 Å². The largest absolute Gasteiger partial charge is 0.451 e. The van der Waals surface area contributed by atoms with Crippen molar-refractivity contribution in [1.29, 1.82) is 0 Å². The lowest BCUT2D eigenvalue weighted by molar-refractivity contribution is 0.0994. The summed E-state index contributed by atoms with van der Waals surface area (Å²) in [4.78, 5) is 26.8. The average molecular weight is 336 g/mol. The lowest BCUT2D eigenvalue weighted by Gasteiger charge is -2.03. The predicted molar refractivity (Wildman–Crippen MR) is 92.4 cm³/mol. The number of benzene rings is 2. The van der Waals surface area contributed by atoms with Crippen LogP contribution in [-0.4, -0.2) is 16.7 Å². The van der Waals surface area contributed by atoms with E-state index in [1.54, 1.807) is 24.3 Å². The summed E-state index contributed by atoms with van der Waals surface area (Å²) in [5.41, 5.74) is 2.33. The lowest BCUT2D eigenvalue weighted by atomic mass is 10.2. The van der Waals surface area contributed by atoms with E-state index in [1.165, 1.54) is 31.2 Å². The topological polar surface area (TPSA) is 75.1 Å². The van der Waals surface area contributed by atoms with Crippen molar-refractivity contribution in [3.05, 3.63) is 65.8 Å². The van der Waals surface area contributed by atoms with Gasteiger partial charge in [0, 0.05) is 28.9 Å². The van der Waals surface area contributed by atoms with Gasteiger partial charge in [0.2, 0.25) is 0 Å². The summed E-state index contributed by atoms with van der Waals surface area (Å²) in [6, 6.07) is 12.6. The van der Waals surface area contributed by atoms with Gasteiger partial charge in [-0.05, 0) is 48.5 Å². The molecule has 0 atom stereocenters. The molecule has 0 saturated heterocycles. The van der Waals surface area contributed by atoms with E-state index in [1.807, 2.05) is 0 Å². The van der Waals surface area contributed by atoms with Crippen LogP contribution in [0.25, 0.3) is 21.9 Å². The Balaban J connectivity index is 1.62. The van der Waals surface area contributed by atoms with E-state index in [0.29, 0.717) is 22.4 Å². The van der Waals surface area contributed by atoms with Crippen LogP contribution in [0.5, 0.6) is 0 Å². The number of aromatic nitrogens is 1. The van der Waals surface area contributed by atoms with Crippen LogP contribution in [0, 0.1) is 5.82 Å². The minimum absolute atomic E-state index is 0.0590. The fourth-order valence-electron chi connectivity index (χ4n) is 2.72. The van der Waals surface area contributed by atoms with E-state index in [2.05, 4.69) is 10.3 Å². The zero-order valence-corrected chi connectivity index (χ0v) is 13.2. The molecule has 0 aliphatic heterocycles. The summed E-state index contributed by atoms with van der Waals surface area (Å²) < 4.78 is 18.7. The fourth-order valence-corrected chi connectivity index (χ4v) is 2.72. The minimum atomic E-state index is -0.432. The molecule has 124 valence electrons. The van der Waals surface area contributed by atoms with Crippen molar-refractivity contribution in [2.24, 2.45) is 0 Å². The van der Waals surface area contributed by atoms with Gasteiger partial charge in [-0.2, -0.15) is 0 Å². The van der Waals surface area contributed by atoms with E-state index in [-0.39, 0.29) is 17.4 Å². The molecule has 6 heteroatoms. The Bertz CT molecular complexity index is 1140. The standard InChI is InChI=1S/C19H13FN2O3/c1-10(23)16-8-11-7-14(3-4-15(11)22-16)21-19(24)18-9-12-6-13(20)2-5-17(12)25-18/h2-9,22H,1H3,(H,21,24). The van der Waals surface area contributed by atoms with Crippen LogP contribution in [0.4, 0.5) is 10.1 Å². The highest BCUT2D eigenvalue weighted by Gasteiger charge is 2.14.